The standard InChI is InChI=1S/C16H22BrN/c1-11(15-9-12-6-7-13(15)8-12)18-10-14-4-2-3-5-16(14)17/h2-5,11-13,15,18H,6-10H2,1H3. The van der Waals surface area contributed by atoms with Crippen molar-refractivity contribution in [2.24, 2.45) is 17.8 Å². The molecule has 2 bridgehead atoms. The fourth-order valence-electron chi connectivity index (χ4n) is 3.97. The van der Waals surface area contributed by atoms with Gasteiger partial charge < -0.3 is 5.32 Å². The van der Waals surface area contributed by atoms with Crippen LogP contribution in [0.3, 0.4) is 0 Å². The number of rotatable bonds is 4. The quantitative estimate of drug-likeness (QED) is 0.871. The number of benzene rings is 1. The van der Waals surface area contributed by atoms with Crippen molar-refractivity contribution < 1.29 is 0 Å². The number of hydrogen-bond donors (Lipinski definition) is 1. The number of fused-ring (bicyclic) bond motifs is 2. The normalized spacial score (nSPS) is 31.8. The van der Waals surface area contributed by atoms with Gasteiger partial charge in [0.25, 0.3) is 0 Å². The van der Waals surface area contributed by atoms with E-state index in [-0.39, 0.29) is 0 Å². The van der Waals surface area contributed by atoms with Gasteiger partial charge in [-0.25, -0.2) is 0 Å². The molecule has 2 heteroatoms. The molecule has 0 spiro atoms. The molecule has 4 unspecified atom stereocenters. The average molecular weight is 308 g/mol. The van der Waals surface area contributed by atoms with Crippen molar-refractivity contribution in [1.82, 2.24) is 5.32 Å². The van der Waals surface area contributed by atoms with Gasteiger partial charge in [0.15, 0.2) is 0 Å². The summed E-state index contributed by atoms with van der Waals surface area (Å²) in [6, 6.07) is 9.17. The Kier molecular flexibility index (Phi) is 3.76. The Labute approximate surface area is 118 Å². The minimum atomic E-state index is 0.660. The van der Waals surface area contributed by atoms with E-state index in [1.165, 1.54) is 35.7 Å². The Bertz CT molecular complexity index is 417. The summed E-state index contributed by atoms with van der Waals surface area (Å²) < 4.78 is 1.22. The summed E-state index contributed by atoms with van der Waals surface area (Å²) in [4.78, 5) is 0. The molecule has 1 N–H and O–H groups in total. The van der Waals surface area contributed by atoms with Gasteiger partial charge in [0.05, 0.1) is 0 Å². The third kappa shape index (κ3) is 2.50. The van der Waals surface area contributed by atoms with E-state index in [9.17, 15) is 0 Å². The summed E-state index contributed by atoms with van der Waals surface area (Å²) >= 11 is 3.62. The molecule has 0 heterocycles. The number of nitrogens with one attached hydrogen (secondary N) is 1. The molecule has 2 aliphatic carbocycles. The molecule has 18 heavy (non-hydrogen) atoms. The van der Waals surface area contributed by atoms with E-state index >= 15 is 0 Å². The van der Waals surface area contributed by atoms with Crippen LogP contribution in [0, 0.1) is 17.8 Å². The molecular weight excluding hydrogens is 286 g/mol. The lowest BCUT2D eigenvalue weighted by Gasteiger charge is -2.28. The third-order valence-corrected chi connectivity index (χ3v) is 5.78. The molecule has 2 aliphatic rings. The van der Waals surface area contributed by atoms with E-state index in [0.29, 0.717) is 6.04 Å². The molecule has 98 valence electrons. The fraction of sp³-hybridized carbons (Fsp3) is 0.625. The van der Waals surface area contributed by atoms with Gasteiger partial charge in [-0.05, 0) is 55.6 Å². The van der Waals surface area contributed by atoms with Gasteiger partial charge >= 0.3 is 0 Å². The van der Waals surface area contributed by atoms with Crippen molar-refractivity contribution in [1.29, 1.82) is 0 Å². The molecule has 4 atom stereocenters. The fourth-order valence-corrected chi connectivity index (χ4v) is 4.40. The van der Waals surface area contributed by atoms with Gasteiger partial charge in [0, 0.05) is 17.1 Å². The predicted molar refractivity (Wildman–Crippen MR) is 79.4 cm³/mol. The zero-order chi connectivity index (χ0) is 12.5. The van der Waals surface area contributed by atoms with Crippen LogP contribution in [-0.2, 0) is 6.54 Å². The smallest absolute Gasteiger partial charge is 0.0220 e. The highest BCUT2D eigenvalue weighted by Crippen LogP contribution is 2.49. The molecule has 0 radical (unpaired) electrons. The van der Waals surface area contributed by atoms with E-state index in [1.54, 1.807) is 0 Å². The molecule has 0 aromatic heterocycles. The van der Waals surface area contributed by atoms with Gasteiger partial charge in [0.1, 0.15) is 0 Å². The van der Waals surface area contributed by atoms with Gasteiger partial charge in [-0.2, -0.15) is 0 Å². The summed E-state index contributed by atoms with van der Waals surface area (Å²) in [6.45, 7) is 3.36. The monoisotopic (exact) mass is 307 g/mol. The van der Waals surface area contributed by atoms with Crippen LogP contribution >= 0.6 is 15.9 Å². The van der Waals surface area contributed by atoms with Crippen LogP contribution in [0.4, 0.5) is 0 Å². The predicted octanol–water partition coefficient (Wildman–Crippen LogP) is 4.36. The van der Waals surface area contributed by atoms with Crippen LogP contribution in [-0.4, -0.2) is 6.04 Å². The Morgan fingerprint density at radius 1 is 1.28 bits per heavy atom. The molecule has 2 fully saturated rings. The summed E-state index contributed by atoms with van der Waals surface area (Å²) in [5.41, 5.74) is 1.37. The summed E-state index contributed by atoms with van der Waals surface area (Å²) in [7, 11) is 0. The minimum absolute atomic E-state index is 0.660. The zero-order valence-electron chi connectivity index (χ0n) is 11.0. The van der Waals surface area contributed by atoms with E-state index in [1.807, 2.05) is 0 Å². The number of halogens is 1. The summed E-state index contributed by atoms with van der Waals surface area (Å²) in [5, 5.41) is 3.74. The maximum atomic E-state index is 3.74. The molecular formula is C16H22BrN. The van der Waals surface area contributed by atoms with Crippen LogP contribution < -0.4 is 5.32 Å². The first-order valence-electron chi connectivity index (χ1n) is 7.21. The maximum Gasteiger partial charge on any atom is 0.0220 e. The average Bonchev–Trinajstić information content (AvgIpc) is 2.99. The van der Waals surface area contributed by atoms with Crippen LogP contribution in [0.15, 0.2) is 28.7 Å². The largest absolute Gasteiger partial charge is 0.310 e. The lowest BCUT2D eigenvalue weighted by Crippen LogP contribution is -2.35. The van der Waals surface area contributed by atoms with Crippen molar-refractivity contribution in [3.05, 3.63) is 34.3 Å². The molecule has 1 aromatic carbocycles. The van der Waals surface area contributed by atoms with Gasteiger partial charge in [-0.15, -0.1) is 0 Å². The molecule has 0 amide bonds. The lowest BCUT2D eigenvalue weighted by molar-refractivity contribution is 0.259. The first-order chi connectivity index (χ1) is 8.74. The Balaban J connectivity index is 1.56. The summed E-state index contributed by atoms with van der Waals surface area (Å²) in [5.74, 6) is 2.98. The first kappa shape index (κ1) is 12.7. The van der Waals surface area contributed by atoms with E-state index in [2.05, 4.69) is 52.4 Å². The Morgan fingerprint density at radius 2 is 2.11 bits per heavy atom. The van der Waals surface area contributed by atoms with Crippen LogP contribution in [0.25, 0.3) is 0 Å². The maximum absolute atomic E-state index is 3.74. The van der Waals surface area contributed by atoms with Gasteiger partial charge in [0.2, 0.25) is 0 Å². The topological polar surface area (TPSA) is 12.0 Å². The van der Waals surface area contributed by atoms with Crippen molar-refractivity contribution >= 4 is 15.9 Å². The molecule has 3 rings (SSSR count). The van der Waals surface area contributed by atoms with Crippen LogP contribution in [0.5, 0.6) is 0 Å². The third-order valence-electron chi connectivity index (χ3n) is 5.01. The Morgan fingerprint density at radius 3 is 2.78 bits per heavy atom. The van der Waals surface area contributed by atoms with Crippen LogP contribution in [0.1, 0.15) is 38.2 Å². The minimum Gasteiger partial charge on any atom is -0.310 e. The number of hydrogen-bond acceptors (Lipinski definition) is 1. The van der Waals surface area contributed by atoms with Crippen molar-refractivity contribution in [3.8, 4) is 0 Å². The SMILES string of the molecule is CC(NCc1ccccc1Br)C1CC2CCC1C2. The second-order valence-corrected chi connectivity index (χ2v) is 6.95. The second kappa shape index (κ2) is 5.34. The molecule has 1 nitrogen and oxygen atoms in total. The Hall–Kier alpha value is -0.340. The van der Waals surface area contributed by atoms with Crippen molar-refractivity contribution in [3.63, 3.8) is 0 Å². The molecule has 0 saturated heterocycles. The lowest BCUT2D eigenvalue weighted by atomic mass is 9.84. The van der Waals surface area contributed by atoms with E-state index in [4.69, 9.17) is 0 Å². The molecule has 1 aromatic rings. The van der Waals surface area contributed by atoms with E-state index < -0.39 is 0 Å². The van der Waals surface area contributed by atoms with Crippen LogP contribution in [0.2, 0.25) is 0 Å². The highest BCUT2D eigenvalue weighted by Gasteiger charge is 2.41. The summed E-state index contributed by atoms with van der Waals surface area (Å²) in [6.07, 6.45) is 5.95. The zero-order valence-corrected chi connectivity index (χ0v) is 12.6. The molecule has 0 aliphatic heterocycles. The van der Waals surface area contributed by atoms with Crippen molar-refractivity contribution in [2.75, 3.05) is 0 Å². The van der Waals surface area contributed by atoms with E-state index in [0.717, 1.165) is 24.3 Å². The van der Waals surface area contributed by atoms with Gasteiger partial charge in [-0.3, -0.25) is 0 Å². The van der Waals surface area contributed by atoms with Crippen molar-refractivity contribution in [2.45, 2.75) is 45.2 Å². The first-order valence-corrected chi connectivity index (χ1v) is 8.00. The highest BCUT2D eigenvalue weighted by atomic mass is 79.9. The second-order valence-electron chi connectivity index (χ2n) is 6.10. The highest BCUT2D eigenvalue weighted by molar-refractivity contribution is 9.10. The molecule has 2 saturated carbocycles. The van der Waals surface area contributed by atoms with Gasteiger partial charge in [-0.1, -0.05) is 40.5 Å².